The Labute approximate surface area is 177 Å². The lowest BCUT2D eigenvalue weighted by Gasteiger charge is -2.18. The summed E-state index contributed by atoms with van der Waals surface area (Å²) in [6.45, 7) is 3.07. The molecule has 0 saturated carbocycles. The van der Waals surface area contributed by atoms with E-state index in [1.165, 1.54) is 0 Å². The monoisotopic (exact) mass is 421 g/mol. The first kappa shape index (κ1) is 22.5. The van der Waals surface area contributed by atoms with E-state index in [2.05, 4.69) is 15.6 Å². The maximum atomic E-state index is 5.99. The average molecular weight is 422 g/mol. The van der Waals surface area contributed by atoms with Gasteiger partial charge in [0.2, 0.25) is 5.75 Å². The number of ether oxygens (including phenoxy) is 4. The van der Waals surface area contributed by atoms with Crippen LogP contribution in [0.2, 0.25) is 5.02 Å². The number of benzene rings is 2. The highest BCUT2D eigenvalue weighted by molar-refractivity contribution is 6.30. The summed E-state index contributed by atoms with van der Waals surface area (Å²) in [6.07, 6.45) is -0.0757. The van der Waals surface area contributed by atoms with Crippen LogP contribution in [0.1, 0.15) is 12.5 Å². The standard InChI is InChI=1S/C21H28ClN3O4/c1-14(29-17-8-6-7-16(22)11-17)12-24-21(23-2)25-13-15-9-18(26-3)20(28-5)19(10-15)27-4/h6-11,14H,12-13H2,1-5H3,(H2,23,24,25). The molecule has 0 aliphatic carbocycles. The van der Waals surface area contributed by atoms with Gasteiger partial charge in [-0.3, -0.25) is 4.99 Å². The molecule has 0 fully saturated rings. The van der Waals surface area contributed by atoms with Crippen LogP contribution < -0.4 is 29.6 Å². The number of methoxy groups -OCH3 is 3. The number of nitrogens with one attached hydrogen (secondary N) is 2. The van der Waals surface area contributed by atoms with Crippen molar-refractivity contribution < 1.29 is 18.9 Å². The molecule has 0 amide bonds. The van der Waals surface area contributed by atoms with E-state index in [0.29, 0.717) is 41.3 Å². The lowest BCUT2D eigenvalue weighted by Crippen LogP contribution is -2.41. The van der Waals surface area contributed by atoms with Crippen molar-refractivity contribution in [3.05, 3.63) is 47.0 Å². The van der Waals surface area contributed by atoms with Crippen molar-refractivity contribution in [3.63, 3.8) is 0 Å². The molecule has 7 nitrogen and oxygen atoms in total. The second kappa shape index (κ2) is 11.3. The van der Waals surface area contributed by atoms with Gasteiger partial charge in [-0.15, -0.1) is 0 Å². The minimum atomic E-state index is -0.0757. The highest BCUT2D eigenvalue weighted by Gasteiger charge is 2.13. The summed E-state index contributed by atoms with van der Waals surface area (Å²) in [5, 5.41) is 7.16. The SMILES string of the molecule is CN=C(NCc1cc(OC)c(OC)c(OC)c1)NCC(C)Oc1cccc(Cl)c1. The van der Waals surface area contributed by atoms with Crippen molar-refractivity contribution in [1.82, 2.24) is 10.6 Å². The highest BCUT2D eigenvalue weighted by Crippen LogP contribution is 2.38. The van der Waals surface area contributed by atoms with Crippen LogP contribution in [0.3, 0.4) is 0 Å². The fraction of sp³-hybridized carbons (Fsp3) is 0.381. The maximum absolute atomic E-state index is 5.99. The predicted octanol–water partition coefficient (Wildman–Crippen LogP) is 3.50. The Morgan fingerprint density at radius 2 is 1.72 bits per heavy atom. The molecule has 0 aliphatic rings. The lowest BCUT2D eigenvalue weighted by atomic mass is 10.2. The fourth-order valence-corrected chi connectivity index (χ4v) is 2.88. The Morgan fingerprint density at radius 3 is 2.28 bits per heavy atom. The second-order valence-corrected chi connectivity index (χ2v) is 6.66. The Hall–Kier alpha value is -2.80. The average Bonchev–Trinajstić information content (AvgIpc) is 2.72. The van der Waals surface area contributed by atoms with Crippen LogP contribution >= 0.6 is 11.6 Å². The molecule has 0 aromatic heterocycles. The molecule has 0 saturated heterocycles. The van der Waals surface area contributed by atoms with Crippen LogP contribution in [0.25, 0.3) is 0 Å². The summed E-state index contributed by atoms with van der Waals surface area (Å²) in [5.41, 5.74) is 0.964. The number of rotatable bonds is 9. The van der Waals surface area contributed by atoms with Gasteiger partial charge in [-0.2, -0.15) is 0 Å². The van der Waals surface area contributed by atoms with Crippen molar-refractivity contribution in [1.29, 1.82) is 0 Å². The topological polar surface area (TPSA) is 73.3 Å². The largest absolute Gasteiger partial charge is 0.493 e. The van der Waals surface area contributed by atoms with Gasteiger partial charge >= 0.3 is 0 Å². The van der Waals surface area contributed by atoms with Crippen molar-refractivity contribution in [2.45, 2.75) is 19.6 Å². The first-order valence-electron chi connectivity index (χ1n) is 9.16. The van der Waals surface area contributed by atoms with Crippen LogP contribution in [-0.2, 0) is 6.54 Å². The molecular formula is C21H28ClN3O4. The molecule has 2 rings (SSSR count). The van der Waals surface area contributed by atoms with Crippen LogP contribution in [0.15, 0.2) is 41.4 Å². The molecule has 0 spiro atoms. The Morgan fingerprint density at radius 1 is 1.03 bits per heavy atom. The minimum absolute atomic E-state index is 0.0757. The third-order valence-electron chi connectivity index (χ3n) is 4.10. The van der Waals surface area contributed by atoms with Crippen LogP contribution in [-0.4, -0.2) is 47.0 Å². The zero-order chi connectivity index (χ0) is 21.2. The van der Waals surface area contributed by atoms with Gasteiger partial charge in [0.1, 0.15) is 11.9 Å². The van der Waals surface area contributed by atoms with Crippen molar-refractivity contribution in [3.8, 4) is 23.0 Å². The molecule has 0 bridgehead atoms. The molecule has 0 heterocycles. The minimum Gasteiger partial charge on any atom is -0.493 e. The van der Waals surface area contributed by atoms with Gasteiger partial charge < -0.3 is 29.6 Å². The smallest absolute Gasteiger partial charge is 0.203 e. The van der Waals surface area contributed by atoms with E-state index in [1.807, 2.05) is 37.3 Å². The van der Waals surface area contributed by atoms with Gasteiger partial charge in [0.25, 0.3) is 0 Å². The predicted molar refractivity (Wildman–Crippen MR) is 116 cm³/mol. The molecule has 2 aromatic carbocycles. The molecule has 0 aliphatic heterocycles. The third kappa shape index (κ3) is 6.64. The zero-order valence-corrected chi connectivity index (χ0v) is 18.2. The van der Waals surface area contributed by atoms with Crippen molar-refractivity contribution in [2.75, 3.05) is 34.9 Å². The first-order valence-corrected chi connectivity index (χ1v) is 9.54. The molecule has 0 radical (unpaired) electrons. The van der Waals surface area contributed by atoms with E-state index < -0.39 is 0 Å². The Kier molecular flexibility index (Phi) is 8.73. The van der Waals surface area contributed by atoms with Gasteiger partial charge in [-0.25, -0.2) is 0 Å². The highest BCUT2D eigenvalue weighted by atomic mass is 35.5. The van der Waals surface area contributed by atoms with Crippen LogP contribution in [0.4, 0.5) is 0 Å². The third-order valence-corrected chi connectivity index (χ3v) is 4.33. The van der Waals surface area contributed by atoms with Gasteiger partial charge in [-0.1, -0.05) is 17.7 Å². The van der Waals surface area contributed by atoms with E-state index in [-0.39, 0.29) is 6.10 Å². The van der Waals surface area contributed by atoms with E-state index in [1.54, 1.807) is 34.4 Å². The molecule has 158 valence electrons. The number of nitrogens with zero attached hydrogens (tertiary/aromatic N) is 1. The van der Waals surface area contributed by atoms with E-state index in [4.69, 9.17) is 30.5 Å². The Balaban J connectivity index is 1.92. The number of hydrogen-bond acceptors (Lipinski definition) is 5. The number of halogens is 1. The van der Waals surface area contributed by atoms with Crippen LogP contribution in [0, 0.1) is 0 Å². The molecule has 8 heteroatoms. The second-order valence-electron chi connectivity index (χ2n) is 6.23. The van der Waals surface area contributed by atoms with Gasteiger partial charge in [-0.05, 0) is 42.8 Å². The molecule has 1 atom stereocenters. The number of hydrogen-bond donors (Lipinski definition) is 2. The number of guanidine groups is 1. The molecule has 1 unspecified atom stereocenters. The van der Waals surface area contributed by atoms with Crippen molar-refractivity contribution >= 4 is 17.6 Å². The summed E-state index contributed by atoms with van der Waals surface area (Å²) >= 11 is 5.99. The molecule has 29 heavy (non-hydrogen) atoms. The van der Waals surface area contributed by atoms with E-state index in [9.17, 15) is 0 Å². The summed E-state index contributed by atoms with van der Waals surface area (Å²) in [7, 11) is 6.48. The summed E-state index contributed by atoms with van der Waals surface area (Å²) in [6, 6.07) is 11.1. The van der Waals surface area contributed by atoms with E-state index in [0.717, 1.165) is 11.3 Å². The van der Waals surface area contributed by atoms with Crippen molar-refractivity contribution in [2.24, 2.45) is 4.99 Å². The number of aliphatic imine (C=N–C) groups is 1. The Bertz CT molecular complexity index is 804. The molecular weight excluding hydrogens is 394 g/mol. The summed E-state index contributed by atoms with van der Waals surface area (Å²) in [4.78, 5) is 4.25. The lowest BCUT2D eigenvalue weighted by molar-refractivity contribution is 0.224. The van der Waals surface area contributed by atoms with Gasteiger partial charge in [0.15, 0.2) is 17.5 Å². The van der Waals surface area contributed by atoms with Gasteiger partial charge in [0, 0.05) is 18.6 Å². The van der Waals surface area contributed by atoms with E-state index >= 15 is 0 Å². The molecule has 2 N–H and O–H groups in total. The molecule has 2 aromatic rings. The first-order chi connectivity index (χ1) is 14.0. The normalized spacial score (nSPS) is 12.1. The van der Waals surface area contributed by atoms with Crippen LogP contribution in [0.5, 0.6) is 23.0 Å². The van der Waals surface area contributed by atoms with Gasteiger partial charge in [0.05, 0.1) is 27.9 Å². The maximum Gasteiger partial charge on any atom is 0.203 e. The summed E-state index contributed by atoms with van der Waals surface area (Å²) in [5.74, 6) is 3.16. The zero-order valence-electron chi connectivity index (χ0n) is 17.4. The quantitative estimate of drug-likeness (QED) is 0.477. The fourth-order valence-electron chi connectivity index (χ4n) is 2.70. The summed E-state index contributed by atoms with van der Waals surface area (Å²) < 4.78 is 22.0.